The fourth-order valence-corrected chi connectivity index (χ4v) is 4.61. The maximum atomic E-state index is 12.9. The van der Waals surface area contributed by atoms with Gasteiger partial charge in [0, 0.05) is 6.08 Å². The molecule has 5 unspecified atom stereocenters. The molecular formula is C20H24O10. The smallest absolute Gasteiger partial charge is 0.346 e. The molecule has 10 nitrogen and oxygen atoms in total. The predicted molar refractivity (Wildman–Crippen MR) is 95.5 cm³/mol. The lowest BCUT2D eigenvalue weighted by atomic mass is 9.88. The van der Waals surface area contributed by atoms with E-state index in [2.05, 4.69) is 11.3 Å². The molecule has 0 radical (unpaired) electrons. The van der Waals surface area contributed by atoms with Crippen molar-refractivity contribution in [3.05, 3.63) is 12.7 Å². The van der Waals surface area contributed by atoms with Gasteiger partial charge in [-0.2, -0.15) is 0 Å². The van der Waals surface area contributed by atoms with Crippen LogP contribution in [-0.4, -0.2) is 67.3 Å². The zero-order valence-electron chi connectivity index (χ0n) is 16.6. The highest BCUT2D eigenvalue weighted by Crippen LogP contribution is 2.45. The minimum atomic E-state index is -1.35. The molecule has 2 bridgehead atoms. The summed E-state index contributed by atoms with van der Waals surface area (Å²) in [4.78, 5) is 48.4. The van der Waals surface area contributed by atoms with Crippen molar-refractivity contribution >= 4 is 23.9 Å². The fourth-order valence-electron chi connectivity index (χ4n) is 4.61. The summed E-state index contributed by atoms with van der Waals surface area (Å²) >= 11 is 0. The highest BCUT2D eigenvalue weighted by atomic mass is 16.7. The average molecular weight is 424 g/mol. The third-order valence-corrected chi connectivity index (χ3v) is 6.12. The molecule has 4 heterocycles. The van der Waals surface area contributed by atoms with Gasteiger partial charge in [0.2, 0.25) is 6.29 Å². The Bertz CT molecular complexity index is 753. The van der Waals surface area contributed by atoms with Crippen LogP contribution in [-0.2, 0) is 47.6 Å². The van der Waals surface area contributed by atoms with E-state index >= 15 is 0 Å². The van der Waals surface area contributed by atoms with Gasteiger partial charge in [0.05, 0.1) is 6.10 Å². The van der Waals surface area contributed by atoms with Gasteiger partial charge in [0.25, 0.3) is 0 Å². The van der Waals surface area contributed by atoms with Crippen molar-refractivity contribution in [2.75, 3.05) is 13.2 Å². The summed E-state index contributed by atoms with van der Waals surface area (Å²) in [6.45, 7) is 4.24. The zero-order chi connectivity index (χ0) is 21.5. The van der Waals surface area contributed by atoms with E-state index in [0.29, 0.717) is 0 Å². The molecule has 5 atom stereocenters. The number of rotatable bonds is 7. The first-order valence-corrected chi connectivity index (χ1v) is 10.0. The molecule has 0 saturated carbocycles. The number of fused-ring (bicyclic) bond motifs is 3. The van der Waals surface area contributed by atoms with E-state index < -0.39 is 66.4 Å². The van der Waals surface area contributed by atoms with E-state index in [1.165, 1.54) is 0 Å². The number of cyclic esters (lactones) is 1. The van der Waals surface area contributed by atoms with Crippen LogP contribution < -0.4 is 0 Å². The summed E-state index contributed by atoms with van der Waals surface area (Å²) in [5.41, 5.74) is -0.478. The molecule has 4 rings (SSSR count). The molecule has 0 amide bonds. The monoisotopic (exact) mass is 424 g/mol. The molecule has 164 valence electrons. The molecule has 0 aromatic rings. The lowest BCUT2D eigenvalue weighted by Crippen LogP contribution is -2.40. The summed E-state index contributed by atoms with van der Waals surface area (Å²) in [5.74, 6) is -5.17. The fraction of sp³-hybridized carbons (Fsp3) is 0.700. The first-order valence-electron chi connectivity index (χ1n) is 10.0. The van der Waals surface area contributed by atoms with Crippen LogP contribution in [0.2, 0.25) is 0 Å². The minimum Gasteiger partial charge on any atom is -0.462 e. The van der Waals surface area contributed by atoms with Crippen molar-refractivity contribution in [2.45, 2.75) is 62.8 Å². The highest BCUT2D eigenvalue weighted by Gasteiger charge is 2.61. The van der Waals surface area contributed by atoms with Crippen molar-refractivity contribution in [3.8, 4) is 0 Å². The lowest BCUT2D eigenvalue weighted by Gasteiger charge is -2.26. The number of hydrogen-bond acceptors (Lipinski definition) is 10. The summed E-state index contributed by atoms with van der Waals surface area (Å²) in [5, 5.41) is 0. The Kier molecular flexibility index (Phi) is 5.54. The SMILES string of the molecule is C=CC(=O)OCC(=O)OC1OC2C(C)OC(=O)C2C1C(=O)OCC12CCC(CC1)O2. The molecule has 0 aliphatic carbocycles. The van der Waals surface area contributed by atoms with Gasteiger partial charge < -0.3 is 28.4 Å². The molecule has 10 heteroatoms. The molecule has 0 aromatic carbocycles. The van der Waals surface area contributed by atoms with E-state index in [-0.39, 0.29) is 12.7 Å². The van der Waals surface area contributed by atoms with E-state index in [0.717, 1.165) is 31.8 Å². The number of carbonyl (C=O) groups excluding carboxylic acids is 4. The number of carbonyl (C=O) groups is 4. The topological polar surface area (TPSA) is 124 Å². The van der Waals surface area contributed by atoms with E-state index in [1.54, 1.807) is 6.92 Å². The molecule has 0 spiro atoms. The second kappa shape index (κ2) is 7.99. The Morgan fingerprint density at radius 1 is 1.23 bits per heavy atom. The van der Waals surface area contributed by atoms with Gasteiger partial charge in [0.1, 0.15) is 36.3 Å². The van der Waals surface area contributed by atoms with Crippen LogP contribution in [0.15, 0.2) is 12.7 Å². The predicted octanol–water partition coefficient (Wildman–Crippen LogP) is 0.416. The zero-order valence-corrected chi connectivity index (χ0v) is 16.6. The normalized spacial score (nSPS) is 38.6. The standard InChI is InChI=1S/C20H24O10/c1-3-12(21)25-8-13(22)28-19-15(14-16(29-19)10(2)27-18(14)24)17(23)26-9-20-6-4-11(30-20)5-7-20/h3,10-11,14-16,19H,1,4-9H2,2H3. The number of ether oxygens (including phenoxy) is 6. The van der Waals surface area contributed by atoms with Gasteiger partial charge in [-0.1, -0.05) is 6.58 Å². The van der Waals surface area contributed by atoms with E-state index in [4.69, 9.17) is 23.7 Å². The number of esters is 4. The molecule has 0 N–H and O–H groups in total. The third-order valence-electron chi connectivity index (χ3n) is 6.12. The summed E-state index contributed by atoms with van der Waals surface area (Å²) < 4.78 is 32.1. The van der Waals surface area contributed by atoms with Crippen LogP contribution in [0.5, 0.6) is 0 Å². The summed E-state index contributed by atoms with van der Waals surface area (Å²) in [7, 11) is 0. The van der Waals surface area contributed by atoms with Gasteiger partial charge >= 0.3 is 23.9 Å². The van der Waals surface area contributed by atoms with Gasteiger partial charge in [-0.3, -0.25) is 9.59 Å². The van der Waals surface area contributed by atoms with Crippen LogP contribution in [0.4, 0.5) is 0 Å². The summed E-state index contributed by atoms with van der Waals surface area (Å²) in [6.07, 6.45) is 1.89. The first-order chi connectivity index (χ1) is 14.3. The molecule has 4 fully saturated rings. The Balaban J connectivity index is 1.42. The molecule has 0 aromatic heterocycles. The van der Waals surface area contributed by atoms with Gasteiger partial charge in [-0.05, 0) is 32.6 Å². The largest absolute Gasteiger partial charge is 0.462 e. The molecule has 4 aliphatic rings. The van der Waals surface area contributed by atoms with Crippen LogP contribution >= 0.6 is 0 Å². The Labute approximate surface area is 172 Å². The van der Waals surface area contributed by atoms with Crippen molar-refractivity contribution in [3.63, 3.8) is 0 Å². The van der Waals surface area contributed by atoms with Crippen LogP contribution in [0.3, 0.4) is 0 Å². The van der Waals surface area contributed by atoms with Crippen molar-refractivity contribution < 1.29 is 47.6 Å². The van der Waals surface area contributed by atoms with E-state index in [1.807, 2.05) is 0 Å². The Morgan fingerprint density at radius 2 is 1.97 bits per heavy atom. The quantitative estimate of drug-likeness (QED) is 0.323. The van der Waals surface area contributed by atoms with Gasteiger partial charge in [0.15, 0.2) is 6.61 Å². The minimum absolute atomic E-state index is 0.0679. The molecular weight excluding hydrogens is 400 g/mol. The van der Waals surface area contributed by atoms with Gasteiger partial charge in [-0.15, -0.1) is 0 Å². The highest BCUT2D eigenvalue weighted by molar-refractivity contribution is 5.86. The van der Waals surface area contributed by atoms with Crippen molar-refractivity contribution in [2.24, 2.45) is 11.8 Å². The maximum absolute atomic E-state index is 12.9. The van der Waals surface area contributed by atoms with Crippen LogP contribution in [0.1, 0.15) is 32.6 Å². The molecule has 30 heavy (non-hydrogen) atoms. The summed E-state index contributed by atoms with van der Waals surface area (Å²) in [6, 6.07) is 0. The third kappa shape index (κ3) is 3.81. The van der Waals surface area contributed by atoms with Gasteiger partial charge in [-0.25, -0.2) is 9.59 Å². The first kappa shape index (κ1) is 20.8. The van der Waals surface area contributed by atoms with Crippen LogP contribution in [0, 0.1) is 11.8 Å². The average Bonchev–Trinajstić information content (AvgIpc) is 3.47. The number of hydrogen-bond donors (Lipinski definition) is 0. The van der Waals surface area contributed by atoms with Crippen molar-refractivity contribution in [1.29, 1.82) is 0 Å². The molecule has 4 saturated heterocycles. The Hall–Kier alpha value is -2.46. The Morgan fingerprint density at radius 3 is 2.60 bits per heavy atom. The lowest BCUT2D eigenvalue weighted by molar-refractivity contribution is -0.200. The maximum Gasteiger partial charge on any atom is 0.346 e. The van der Waals surface area contributed by atoms with Crippen LogP contribution in [0.25, 0.3) is 0 Å². The second-order valence-electron chi connectivity index (χ2n) is 8.07. The van der Waals surface area contributed by atoms with Crippen molar-refractivity contribution in [1.82, 2.24) is 0 Å². The molecule has 4 aliphatic heterocycles. The second-order valence-corrected chi connectivity index (χ2v) is 8.07. The van der Waals surface area contributed by atoms with E-state index in [9.17, 15) is 19.2 Å².